The molecule has 1 aliphatic rings. The Kier molecular flexibility index (Phi) is 6.15. The molecule has 10 heteroatoms. The molecule has 2 aromatic heterocycles. The highest BCUT2D eigenvalue weighted by Crippen LogP contribution is 2.30. The van der Waals surface area contributed by atoms with Crippen molar-refractivity contribution in [1.82, 2.24) is 14.6 Å². The third-order valence-electron chi connectivity index (χ3n) is 4.81. The quantitative estimate of drug-likeness (QED) is 0.421. The average Bonchev–Trinajstić information content (AvgIpc) is 3.42. The summed E-state index contributed by atoms with van der Waals surface area (Å²) in [6.45, 7) is 4.12. The fourth-order valence-corrected chi connectivity index (χ4v) is 3.85. The van der Waals surface area contributed by atoms with Crippen molar-refractivity contribution in [2.24, 2.45) is 5.73 Å². The van der Waals surface area contributed by atoms with Gasteiger partial charge in [0.15, 0.2) is 5.65 Å². The van der Waals surface area contributed by atoms with Crippen LogP contribution in [-0.4, -0.2) is 43.6 Å². The lowest BCUT2D eigenvalue weighted by Crippen LogP contribution is -2.38. The third-order valence-corrected chi connectivity index (χ3v) is 5.53. The molecule has 4 rings (SSSR count). The molecule has 32 heavy (non-hydrogen) atoms. The molecule has 0 aliphatic heterocycles. The summed E-state index contributed by atoms with van der Waals surface area (Å²) in [4.78, 5) is 4.59. The monoisotopic (exact) mass is 453 g/mol. The number of nitrogens with two attached hydrogens (primary N) is 1. The summed E-state index contributed by atoms with van der Waals surface area (Å²) in [7, 11) is 0. The highest BCUT2D eigenvalue weighted by molar-refractivity contribution is 7.89. The van der Waals surface area contributed by atoms with Crippen LogP contribution in [0, 0.1) is 11.3 Å². The zero-order valence-electron chi connectivity index (χ0n) is 18.4. The van der Waals surface area contributed by atoms with Crippen LogP contribution in [0.3, 0.4) is 0 Å². The predicted molar refractivity (Wildman–Crippen MR) is 126 cm³/mol. The zero-order valence-corrected chi connectivity index (χ0v) is 19.2. The molecule has 0 spiro atoms. The number of hydrogen-bond acceptors (Lipinski definition) is 8. The van der Waals surface area contributed by atoms with E-state index in [9.17, 15) is 9.81 Å². The van der Waals surface area contributed by atoms with E-state index in [0.717, 1.165) is 29.9 Å². The fraction of sp³-hybridized carbons (Fsp3) is 0.409. The topological polar surface area (TPSA) is 136 Å². The summed E-state index contributed by atoms with van der Waals surface area (Å²) >= 11 is -1.04. The van der Waals surface area contributed by atoms with Crippen molar-refractivity contribution in [3.63, 3.8) is 0 Å². The number of rotatable bonds is 9. The van der Waals surface area contributed by atoms with Crippen molar-refractivity contribution in [2.75, 3.05) is 23.5 Å². The summed E-state index contributed by atoms with van der Waals surface area (Å²) in [5.74, 6) is 2.38. The first-order valence-corrected chi connectivity index (χ1v) is 12.1. The number of nitrogens with zero attached hydrogens (tertiary/aromatic N) is 4. The number of aromatic nitrogens is 3. The van der Waals surface area contributed by atoms with Crippen LogP contribution in [0.25, 0.3) is 5.65 Å². The molecule has 2 heterocycles. The molecule has 1 unspecified atom stereocenters. The van der Waals surface area contributed by atoms with Gasteiger partial charge in [0, 0.05) is 28.9 Å². The van der Waals surface area contributed by atoms with Crippen LogP contribution in [0.1, 0.15) is 37.8 Å². The van der Waals surface area contributed by atoms with E-state index in [1.54, 1.807) is 10.8 Å². The van der Waals surface area contributed by atoms with Crippen molar-refractivity contribution in [2.45, 2.75) is 44.0 Å². The second kappa shape index (κ2) is 8.86. The first kappa shape index (κ1) is 22.2. The smallest absolute Gasteiger partial charge is 0.177 e. The van der Waals surface area contributed by atoms with Gasteiger partial charge in [0.1, 0.15) is 41.4 Å². The molecule has 1 aliphatic carbocycles. The summed E-state index contributed by atoms with van der Waals surface area (Å²) in [5, 5.41) is 20.5. The van der Waals surface area contributed by atoms with Crippen molar-refractivity contribution in [3.05, 3.63) is 41.6 Å². The Bertz CT molecular complexity index is 1160. The van der Waals surface area contributed by atoms with Crippen LogP contribution in [0.4, 0.5) is 17.3 Å². The molecule has 0 radical (unpaired) electrons. The average molecular weight is 454 g/mol. The van der Waals surface area contributed by atoms with Gasteiger partial charge in [-0.2, -0.15) is 14.9 Å². The highest BCUT2D eigenvalue weighted by atomic mass is 32.2. The summed E-state index contributed by atoms with van der Waals surface area (Å²) < 4.78 is 19.5. The van der Waals surface area contributed by atoms with Gasteiger partial charge in [-0.3, -0.25) is 0 Å². The van der Waals surface area contributed by atoms with Crippen LogP contribution < -0.4 is 21.1 Å². The minimum absolute atomic E-state index is 0.343. The third kappa shape index (κ3) is 5.43. The van der Waals surface area contributed by atoms with Gasteiger partial charge < -0.3 is 25.7 Å². The number of anilines is 3. The molecule has 0 saturated heterocycles. The van der Waals surface area contributed by atoms with E-state index < -0.39 is 16.7 Å². The maximum absolute atomic E-state index is 11.9. The Labute approximate surface area is 190 Å². The van der Waals surface area contributed by atoms with Crippen LogP contribution >= 0.6 is 0 Å². The second-order valence-corrected chi connectivity index (χ2v) is 10.2. The molecule has 168 valence electrons. The van der Waals surface area contributed by atoms with Crippen LogP contribution in [-0.2, 0) is 16.9 Å². The number of nitrogens with one attached hydrogen (secondary N) is 2. The number of fused-ring (bicyclic) bond motifs is 1. The van der Waals surface area contributed by atoms with Crippen molar-refractivity contribution in [3.8, 4) is 11.8 Å². The Hall–Kier alpha value is -3.00. The number of hydrogen-bond donors (Lipinski definition) is 3. The SMILES string of the molecule is C[S+]([O-])Cc1cc(Nc2cc(NC3CC3)n3ncc(C#N)c3n2)ccc1OCC(C)(C)N. The van der Waals surface area contributed by atoms with Gasteiger partial charge in [0.2, 0.25) is 0 Å². The molecule has 0 bridgehead atoms. The largest absolute Gasteiger partial charge is 0.616 e. The molecule has 1 aromatic carbocycles. The summed E-state index contributed by atoms with van der Waals surface area (Å²) in [6, 6.07) is 10.1. The number of ether oxygens (including phenoxy) is 1. The Balaban J connectivity index is 1.64. The molecule has 4 N–H and O–H groups in total. The molecule has 3 aromatic rings. The van der Waals surface area contributed by atoms with E-state index in [1.165, 1.54) is 6.20 Å². The summed E-state index contributed by atoms with van der Waals surface area (Å²) in [6.07, 6.45) is 5.39. The molecular weight excluding hydrogens is 426 g/mol. The lowest BCUT2D eigenvalue weighted by atomic mass is 10.1. The highest BCUT2D eigenvalue weighted by Gasteiger charge is 2.23. The van der Waals surface area contributed by atoms with E-state index >= 15 is 0 Å². The predicted octanol–water partition coefficient (Wildman–Crippen LogP) is 2.91. The molecule has 0 amide bonds. The second-order valence-electron chi connectivity index (χ2n) is 8.79. The lowest BCUT2D eigenvalue weighted by molar-refractivity contribution is 0.242. The normalized spacial score (nSPS) is 14.8. The van der Waals surface area contributed by atoms with Gasteiger partial charge in [-0.05, 0) is 44.9 Å². The van der Waals surface area contributed by atoms with Gasteiger partial charge >= 0.3 is 0 Å². The van der Waals surface area contributed by atoms with Gasteiger partial charge in [0.25, 0.3) is 0 Å². The maximum atomic E-state index is 11.9. The lowest BCUT2D eigenvalue weighted by Gasteiger charge is -2.21. The standard InChI is InChI=1S/C22H27N7O2S/c1-22(2,24)13-31-18-7-6-17(8-14(18)12-32(3)30)26-19-9-20(27-16-4-5-16)29-21(28-19)15(10-23)11-25-29/h6-9,11,16,27H,4-5,12-13,24H2,1-3H3,(H,26,28). The van der Waals surface area contributed by atoms with Crippen LogP contribution in [0.2, 0.25) is 0 Å². The maximum Gasteiger partial charge on any atom is 0.177 e. The van der Waals surface area contributed by atoms with Gasteiger partial charge in [-0.15, -0.1) is 0 Å². The molecular formula is C22H27N7O2S. The summed E-state index contributed by atoms with van der Waals surface area (Å²) in [5.41, 5.74) is 8.05. The van der Waals surface area contributed by atoms with Crippen molar-refractivity contribution < 1.29 is 9.29 Å². The Morgan fingerprint density at radius 2 is 2.16 bits per heavy atom. The van der Waals surface area contributed by atoms with Gasteiger partial charge in [0.05, 0.1) is 12.5 Å². The Morgan fingerprint density at radius 3 is 2.81 bits per heavy atom. The van der Waals surface area contributed by atoms with E-state index in [4.69, 9.17) is 10.5 Å². The van der Waals surface area contributed by atoms with Gasteiger partial charge in [-0.25, -0.2) is 4.98 Å². The molecule has 1 fully saturated rings. The van der Waals surface area contributed by atoms with E-state index in [1.807, 2.05) is 38.1 Å². The van der Waals surface area contributed by atoms with E-state index in [-0.39, 0.29) is 0 Å². The van der Waals surface area contributed by atoms with E-state index in [0.29, 0.717) is 41.2 Å². The van der Waals surface area contributed by atoms with Crippen LogP contribution in [0.5, 0.6) is 5.75 Å². The first-order chi connectivity index (χ1) is 15.2. The molecule has 1 atom stereocenters. The first-order valence-electron chi connectivity index (χ1n) is 10.4. The fourth-order valence-electron chi connectivity index (χ4n) is 3.19. The molecule has 9 nitrogen and oxygen atoms in total. The number of benzene rings is 1. The minimum Gasteiger partial charge on any atom is -0.616 e. The van der Waals surface area contributed by atoms with Crippen LogP contribution in [0.15, 0.2) is 30.5 Å². The van der Waals surface area contributed by atoms with E-state index in [2.05, 4.69) is 26.8 Å². The minimum atomic E-state index is -1.04. The van der Waals surface area contributed by atoms with Crippen molar-refractivity contribution >= 4 is 34.1 Å². The molecule has 1 saturated carbocycles. The Morgan fingerprint density at radius 1 is 1.38 bits per heavy atom. The zero-order chi connectivity index (χ0) is 22.9. The van der Waals surface area contributed by atoms with Gasteiger partial charge in [-0.1, -0.05) is 11.2 Å². The number of nitriles is 1. The van der Waals surface area contributed by atoms with Crippen molar-refractivity contribution in [1.29, 1.82) is 5.26 Å².